The van der Waals surface area contributed by atoms with Gasteiger partial charge in [-0.2, -0.15) is 0 Å². The van der Waals surface area contributed by atoms with Crippen LogP contribution in [0.1, 0.15) is 35.6 Å². The first-order valence-electron chi connectivity index (χ1n) is 12.3. The van der Waals surface area contributed by atoms with E-state index in [1.165, 1.54) is 21.2 Å². The van der Waals surface area contributed by atoms with Gasteiger partial charge in [0.25, 0.3) is 0 Å². The van der Waals surface area contributed by atoms with Crippen LogP contribution in [0, 0.1) is 5.92 Å². The van der Waals surface area contributed by atoms with Gasteiger partial charge in [-0.15, -0.1) is 0 Å². The summed E-state index contributed by atoms with van der Waals surface area (Å²) in [6.07, 6.45) is 3.05. The number of amides is 3. The molecule has 2 fully saturated rings. The van der Waals surface area contributed by atoms with Gasteiger partial charge in [-0.05, 0) is 49.1 Å². The molecule has 37 heavy (non-hydrogen) atoms. The number of para-hydroxylation sites is 1. The number of thioether (sulfide) groups is 1. The highest BCUT2D eigenvalue weighted by Gasteiger charge is 2.56. The summed E-state index contributed by atoms with van der Waals surface area (Å²) in [6.45, 7) is 1.36. The third-order valence-electron chi connectivity index (χ3n) is 7.29. The van der Waals surface area contributed by atoms with Gasteiger partial charge in [0.2, 0.25) is 17.7 Å². The van der Waals surface area contributed by atoms with Crippen LogP contribution in [0.15, 0.2) is 68.9 Å². The topological polar surface area (TPSA) is 79.7 Å². The number of halogens is 1. The molecule has 6 rings (SSSR count). The zero-order valence-electron chi connectivity index (χ0n) is 19.8. The van der Waals surface area contributed by atoms with Gasteiger partial charge in [-0.25, -0.2) is 4.90 Å². The van der Waals surface area contributed by atoms with Gasteiger partial charge in [0.15, 0.2) is 0 Å². The zero-order valence-corrected chi connectivity index (χ0v) is 23.1. The molecule has 2 unspecified atom stereocenters. The molecule has 3 atom stereocenters. The van der Waals surface area contributed by atoms with Gasteiger partial charge >= 0.3 is 4.87 Å². The van der Waals surface area contributed by atoms with Crippen LogP contribution in [0.4, 0.5) is 5.69 Å². The van der Waals surface area contributed by atoms with E-state index < -0.39 is 17.1 Å². The number of piperidine rings is 1. The lowest BCUT2D eigenvalue weighted by Crippen LogP contribution is -2.39. The summed E-state index contributed by atoms with van der Waals surface area (Å²) in [5.74, 6) is -1.72. The monoisotopic (exact) mass is 597 g/mol. The molecule has 10 heteroatoms. The summed E-state index contributed by atoms with van der Waals surface area (Å²) < 4.78 is 2.42. The lowest BCUT2D eigenvalue weighted by molar-refractivity contribution is -0.133. The first-order valence-corrected chi connectivity index (χ1v) is 14.8. The van der Waals surface area contributed by atoms with E-state index in [1.54, 1.807) is 24.3 Å². The van der Waals surface area contributed by atoms with E-state index in [2.05, 4.69) is 15.9 Å². The summed E-state index contributed by atoms with van der Waals surface area (Å²) >= 11 is 5.81. The van der Waals surface area contributed by atoms with Crippen LogP contribution in [-0.4, -0.2) is 45.5 Å². The molecule has 0 N–H and O–H groups in total. The lowest BCUT2D eigenvalue weighted by Gasteiger charge is -2.31. The number of fused-ring (bicyclic) bond motifs is 2. The predicted octanol–water partition coefficient (Wildman–Crippen LogP) is 4.48. The number of hydrogen-bond donors (Lipinski definition) is 0. The highest BCUT2D eigenvalue weighted by Crippen LogP contribution is 2.53. The molecule has 1 aromatic heterocycles. The molecular weight excluding hydrogens is 574 g/mol. The summed E-state index contributed by atoms with van der Waals surface area (Å²) in [7, 11) is 0. The molecule has 2 saturated heterocycles. The normalized spacial score (nSPS) is 23.2. The van der Waals surface area contributed by atoms with Crippen LogP contribution in [0.5, 0.6) is 0 Å². The fourth-order valence-electron chi connectivity index (χ4n) is 5.49. The third kappa shape index (κ3) is 4.28. The standard InChI is InChI=1S/C27H24BrN3O4S2/c28-17-11-9-16(10-12-17)20-21-22(25(34)31(24(21)33)18-7-3-1-4-8-18)36-26-23(20)37-27(35)30(26)15-19(32)29-13-5-2-6-14-29/h1,3-4,7-12,20-22H,2,5-6,13-15H2/t20-,21?,22?/m1/s1. The van der Waals surface area contributed by atoms with Crippen molar-refractivity contribution >= 4 is 62.4 Å². The molecule has 3 aromatic rings. The average Bonchev–Trinajstić information content (AvgIpc) is 3.36. The number of imide groups is 1. The van der Waals surface area contributed by atoms with Gasteiger partial charge in [0.05, 0.1) is 16.6 Å². The Morgan fingerprint density at radius 2 is 1.62 bits per heavy atom. The Bertz CT molecular complexity index is 1430. The molecule has 0 saturated carbocycles. The number of aromatic nitrogens is 1. The van der Waals surface area contributed by atoms with E-state index in [-0.39, 0.29) is 29.1 Å². The Kier molecular flexibility index (Phi) is 6.58. The minimum absolute atomic E-state index is 0.0490. The number of likely N-dealkylation sites (tertiary alicyclic amines) is 1. The van der Waals surface area contributed by atoms with Crippen molar-refractivity contribution in [3.8, 4) is 0 Å². The van der Waals surface area contributed by atoms with Crippen molar-refractivity contribution in [1.29, 1.82) is 0 Å². The molecule has 2 aromatic carbocycles. The van der Waals surface area contributed by atoms with Crippen LogP contribution < -0.4 is 9.77 Å². The second-order valence-corrected chi connectivity index (χ2v) is 12.5. The van der Waals surface area contributed by atoms with Crippen molar-refractivity contribution in [2.75, 3.05) is 18.0 Å². The quantitative estimate of drug-likeness (QED) is 0.414. The smallest absolute Gasteiger partial charge is 0.308 e. The Labute approximate surface area is 230 Å². The Morgan fingerprint density at radius 1 is 0.919 bits per heavy atom. The van der Waals surface area contributed by atoms with Gasteiger partial charge in [0, 0.05) is 28.4 Å². The Hall–Kier alpha value is -2.69. The summed E-state index contributed by atoms with van der Waals surface area (Å²) in [5, 5.41) is -0.0511. The van der Waals surface area contributed by atoms with Crippen LogP contribution in [0.3, 0.4) is 0 Å². The van der Waals surface area contributed by atoms with Crippen LogP contribution in [0.2, 0.25) is 0 Å². The summed E-state index contributed by atoms with van der Waals surface area (Å²) in [4.78, 5) is 57.5. The fourth-order valence-corrected chi connectivity index (χ4v) is 8.53. The molecule has 7 nitrogen and oxygen atoms in total. The predicted molar refractivity (Wildman–Crippen MR) is 147 cm³/mol. The number of hydrogen-bond acceptors (Lipinski definition) is 6. The number of thiazole rings is 1. The molecule has 0 spiro atoms. The molecule has 3 amide bonds. The largest absolute Gasteiger partial charge is 0.341 e. The van der Waals surface area contributed by atoms with Crippen molar-refractivity contribution in [2.45, 2.75) is 42.0 Å². The van der Waals surface area contributed by atoms with E-state index in [1.807, 2.05) is 35.2 Å². The second kappa shape index (κ2) is 9.89. The molecule has 0 bridgehead atoms. The maximum Gasteiger partial charge on any atom is 0.308 e. The molecule has 4 heterocycles. The maximum absolute atomic E-state index is 13.8. The van der Waals surface area contributed by atoms with Crippen molar-refractivity contribution < 1.29 is 14.4 Å². The fraction of sp³-hybridized carbons (Fsp3) is 0.333. The molecule has 3 aliphatic heterocycles. The van der Waals surface area contributed by atoms with Gasteiger partial charge in [-0.3, -0.25) is 23.7 Å². The van der Waals surface area contributed by atoms with Crippen molar-refractivity contribution in [3.63, 3.8) is 0 Å². The average molecular weight is 599 g/mol. The SMILES string of the molecule is O=C(Cn1c2c(sc1=O)[C@H](c1ccc(Br)cc1)C1C(=O)N(c3ccccc3)C(=O)C1S2)N1CCCCC1. The maximum atomic E-state index is 13.8. The van der Waals surface area contributed by atoms with E-state index in [4.69, 9.17) is 0 Å². The van der Waals surface area contributed by atoms with Crippen molar-refractivity contribution in [1.82, 2.24) is 9.47 Å². The summed E-state index contributed by atoms with van der Waals surface area (Å²) in [6, 6.07) is 16.6. The van der Waals surface area contributed by atoms with Gasteiger partial charge in [-0.1, -0.05) is 69.4 Å². The number of nitrogens with zero attached hydrogens (tertiary/aromatic N) is 3. The Balaban J connectivity index is 1.44. The van der Waals surface area contributed by atoms with Crippen molar-refractivity contribution in [3.05, 3.63) is 79.2 Å². The molecule has 0 aliphatic carbocycles. The first-order chi connectivity index (χ1) is 17.9. The minimum atomic E-state index is -0.681. The highest BCUT2D eigenvalue weighted by atomic mass is 79.9. The van der Waals surface area contributed by atoms with E-state index >= 15 is 0 Å². The molecule has 190 valence electrons. The number of rotatable bonds is 4. The van der Waals surface area contributed by atoms with Gasteiger partial charge in [0.1, 0.15) is 11.8 Å². The van der Waals surface area contributed by atoms with E-state index in [0.29, 0.717) is 23.8 Å². The van der Waals surface area contributed by atoms with Crippen LogP contribution in [-0.2, 0) is 20.9 Å². The van der Waals surface area contributed by atoms with E-state index in [0.717, 1.165) is 45.5 Å². The molecule has 0 radical (unpaired) electrons. The van der Waals surface area contributed by atoms with Crippen LogP contribution >= 0.6 is 39.0 Å². The Morgan fingerprint density at radius 3 is 2.32 bits per heavy atom. The number of anilines is 1. The van der Waals surface area contributed by atoms with Crippen LogP contribution in [0.25, 0.3) is 0 Å². The minimum Gasteiger partial charge on any atom is -0.341 e. The van der Waals surface area contributed by atoms with Gasteiger partial charge < -0.3 is 4.90 Å². The zero-order chi connectivity index (χ0) is 25.7. The molecule has 3 aliphatic rings. The number of benzene rings is 2. The highest BCUT2D eigenvalue weighted by molar-refractivity contribution is 9.10. The first kappa shape index (κ1) is 24.6. The number of carbonyl (C=O) groups excluding carboxylic acids is 3. The second-order valence-electron chi connectivity index (χ2n) is 9.51. The lowest BCUT2D eigenvalue weighted by atomic mass is 9.83. The molecular formula is C27H24BrN3O4S2. The third-order valence-corrected chi connectivity index (χ3v) is 10.4. The van der Waals surface area contributed by atoms with E-state index in [9.17, 15) is 19.2 Å². The number of carbonyl (C=O) groups is 3. The van der Waals surface area contributed by atoms with Crippen molar-refractivity contribution in [2.24, 2.45) is 5.92 Å². The summed E-state index contributed by atoms with van der Waals surface area (Å²) in [5.41, 5.74) is 1.41.